The lowest BCUT2D eigenvalue weighted by molar-refractivity contribution is -0.117. The molecule has 1 aromatic carbocycles. The van der Waals surface area contributed by atoms with Crippen LogP contribution in [0.3, 0.4) is 0 Å². The normalized spacial score (nSPS) is 20.1. The molecule has 19 heavy (non-hydrogen) atoms. The smallest absolute Gasteiger partial charge is 0.228 e. The van der Waals surface area contributed by atoms with E-state index in [1.807, 2.05) is 0 Å². The van der Waals surface area contributed by atoms with E-state index >= 15 is 0 Å². The number of carbonyl (C=O) groups is 1. The number of halogens is 1. The first-order valence-corrected chi connectivity index (χ1v) is 7.56. The van der Waals surface area contributed by atoms with Crippen LogP contribution in [0.4, 0.5) is 11.4 Å². The van der Waals surface area contributed by atoms with Crippen molar-refractivity contribution in [1.82, 2.24) is 0 Å². The van der Waals surface area contributed by atoms with Crippen molar-refractivity contribution in [3.63, 3.8) is 0 Å². The molecule has 1 aromatic rings. The van der Waals surface area contributed by atoms with Crippen molar-refractivity contribution in [2.24, 2.45) is 5.14 Å². The minimum absolute atomic E-state index is 0.00125. The highest BCUT2D eigenvalue weighted by molar-refractivity contribution is 7.89. The van der Waals surface area contributed by atoms with E-state index in [0.29, 0.717) is 16.4 Å². The van der Waals surface area contributed by atoms with E-state index in [2.05, 4.69) is 0 Å². The van der Waals surface area contributed by atoms with Crippen molar-refractivity contribution in [3.8, 4) is 0 Å². The zero-order valence-corrected chi connectivity index (χ0v) is 11.8. The van der Waals surface area contributed by atoms with Crippen LogP contribution in [0.1, 0.15) is 12.0 Å². The van der Waals surface area contributed by atoms with Gasteiger partial charge in [-0.3, -0.25) is 4.79 Å². The van der Waals surface area contributed by atoms with Gasteiger partial charge in [-0.1, -0.05) is 11.6 Å². The summed E-state index contributed by atoms with van der Waals surface area (Å²) in [6.07, 6.45) is -0.135. The van der Waals surface area contributed by atoms with E-state index in [9.17, 15) is 13.2 Å². The highest BCUT2D eigenvalue weighted by atomic mass is 35.5. The molecule has 1 aliphatic rings. The van der Waals surface area contributed by atoms with Crippen molar-refractivity contribution in [3.05, 3.63) is 22.7 Å². The minimum Gasteiger partial charge on any atom is -0.397 e. The van der Waals surface area contributed by atoms with Gasteiger partial charge in [-0.15, -0.1) is 0 Å². The fraction of sp³-hybridized carbons (Fsp3) is 0.364. The van der Waals surface area contributed by atoms with Gasteiger partial charge in [0.25, 0.3) is 0 Å². The van der Waals surface area contributed by atoms with Gasteiger partial charge in [0.2, 0.25) is 15.9 Å². The Hall–Kier alpha value is -1.31. The quantitative estimate of drug-likeness (QED) is 0.781. The van der Waals surface area contributed by atoms with Crippen LogP contribution in [0.5, 0.6) is 0 Å². The van der Waals surface area contributed by atoms with Crippen molar-refractivity contribution >= 4 is 38.9 Å². The van der Waals surface area contributed by atoms with Gasteiger partial charge < -0.3 is 10.6 Å². The number of hydrogen-bond donors (Lipinski definition) is 2. The molecule has 0 aliphatic carbocycles. The van der Waals surface area contributed by atoms with Crippen LogP contribution in [0.2, 0.25) is 5.02 Å². The Balaban J connectivity index is 2.39. The summed E-state index contributed by atoms with van der Waals surface area (Å²) in [5, 5.41) is 4.64. The van der Waals surface area contributed by atoms with Crippen LogP contribution < -0.4 is 15.8 Å². The third-order valence-electron chi connectivity index (χ3n) is 3.15. The van der Waals surface area contributed by atoms with Crippen molar-refractivity contribution in [2.45, 2.75) is 18.6 Å². The second-order valence-corrected chi connectivity index (χ2v) is 6.83. The highest BCUT2D eigenvalue weighted by Gasteiger charge is 2.37. The number of rotatable bonds is 2. The minimum atomic E-state index is -3.74. The summed E-state index contributed by atoms with van der Waals surface area (Å²) in [7, 11) is -3.74. The number of nitrogen functional groups attached to an aromatic ring is 1. The zero-order valence-electron chi connectivity index (χ0n) is 10.3. The van der Waals surface area contributed by atoms with Gasteiger partial charge >= 0.3 is 0 Å². The van der Waals surface area contributed by atoms with Crippen molar-refractivity contribution in [2.75, 3.05) is 17.2 Å². The Morgan fingerprint density at radius 3 is 2.58 bits per heavy atom. The number of nitrogens with zero attached hydrogens (tertiary/aromatic N) is 1. The number of amides is 1. The second-order valence-electron chi connectivity index (χ2n) is 4.58. The lowest BCUT2D eigenvalue weighted by Gasteiger charge is -2.19. The fourth-order valence-corrected chi connectivity index (χ4v) is 2.94. The molecule has 4 N–H and O–H groups in total. The number of aryl methyl sites for hydroxylation is 1. The topological polar surface area (TPSA) is 106 Å². The first-order valence-electron chi connectivity index (χ1n) is 5.57. The lowest BCUT2D eigenvalue weighted by Crippen LogP contribution is -2.32. The maximum absolute atomic E-state index is 11.9. The summed E-state index contributed by atoms with van der Waals surface area (Å²) in [5.74, 6) is -0.328. The molecule has 0 radical (unpaired) electrons. The molecular formula is C11H14ClN3O3S. The molecule has 1 heterocycles. The molecule has 0 bridgehead atoms. The molecule has 0 aromatic heterocycles. The third kappa shape index (κ3) is 2.68. The molecule has 104 valence electrons. The van der Waals surface area contributed by atoms with E-state index < -0.39 is 15.3 Å². The standard InChI is InChI=1S/C11H14ClN3O3S/c1-6-2-9(13)10(4-8(6)12)15-5-7(3-11(15)16)19(14,17)18/h2,4,7H,3,5,13H2,1H3,(H2,14,17,18). The van der Waals surface area contributed by atoms with Crippen LogP contribution >= 0.6 is 11.6 Å². The van der Waals surface area contributed by atoms with Gasteiger partial charge in [0.15, 0.2) is 0 Å². The zero-order chi connectivity index (χ0) is 14.4. The fourth-order valence-electron chi connectivity index (χ4n) is 2.05. The maximum atomic E-state index is 11.9. The van der Waals surface area contributed by atoms with Crippen LogP contribution in [0, 0.1) is 6.92 Å². The maximum Gasteiger partial charge on any atom is 0.228 e. The van der Waals surface area contributed by atoms with Crippen LogP contribution in [0.15, 0.2) is 12.1 Å². The Morgan fingerprint density at radius 1 is 1.42 bits per heavy atom. The van der Waals surface area contributed by atoms with Gasteiger partial charge in [0.1, 0.15) is 5.25 Å². The number of hydrogen-bond acceptors (Lipinski definition) is 4. The van der Waals surface area contributed by atoms with Gasteiger partial charge in [-0.25, -0.2) is 13.6 Å². The van der Waals surface area contributed by atoms with E-state index in [4.69, 9.17) is 22.5 Å². The number of nitrogens with two attached hydrogens (primary N) is 2. The Bertz CT molecular complexity index is 645. The summed E-state index contributed by atoms with van der Waals surface area (Å²) < 4.78 is 22.6. The van der Waals surface area contributed by atoms with Crippen LogP contribution in [0.25, 0.3) is 0 Å². The van der Waals surface area contributed by atoms with Gasteiger partial charge in [-0.05, 0) is 24.6 Å². The average Bonchev–Trinajstić information content (AvgIpc) is 2.65. The van der Waals surface area contributed by atoms with Gasteiger partial charge in [0.05, 0.1) is 11.4 Å². The monoisotopic (exact) mass is 303 g/mol. The molecule has 1 atom stereocenters. The number of sulfonamides is 1. The molecule has 1 amide bonds. The molecular weight excluding hydrogens is 290 g/mol. The molecule has 0 saturated carbocycles. The average molecular weight is 304 g/mol. The molecule has 1 saturated heterocycles. The summed E-state index contributed by atoms with van der Waals surface area (Å²) in [6.45, 7) is 1.79. The Labute approximate surface area is 116 Å². The number of carbonyl (C=O) groups excluding carboxylic acids is 1. The molecule has 0 spiro atoms. The van der Waals surface area contributed by atoms with E-state index in [0.717, 1.165) is 5.56 Å². The molecule has 8 heteroatoms. The lowest BCUT2D eigenvalue weighted by atomic mass is 10.2. The predicted molar refractivity (Wildman–Crippen MR) is 74.5 cm³/mol. The van der Waals surface area contributed by atoms with E-state index in [1.165, 1.54) is 4.90 Å². The highest BCUT2D eigenvalue weighted by Crippen LogP contribution is 2.33. The first kappa shape index (κ1) is 14.1. The van der Waals surface area contributed by atoms with E-state index in [-0.39, 0.29) is 18.9 Å². The van der Waals surface area contributed by atoms with Crippen molar-refractivity contribution < 1.29 is 13.2 Å². The van der Waals surface area contributed by atoms with Gasteiger partial charge in [0, 0.05) is 18.0 Å². The van der Waals surface area contributed by atoms with Crippen LogP contribution in [-0.4, -0.2) is 26.1 Å². The van der Waals surface area contributed by atoms with Crippen molar-refractivity contribution in [1.29, 1.82) is 0 Å². The summed E-state index contributed by atoms with van der Waals surface area (Å²) in [4.78, 5) is 13.2. The summed E-state index contributed by atoms with van der Waals surface area (Å²) >= 11 is 6.00. The second kappa shape index (κ2) is 4.66. The molecule has 1 fully saturated rings. The third-order valence-corrected chi connectivity index (χ3v) is 4.81. The SMILES string of the molecule is Cc1cc(N)c(N2CC(S(N)(=O)=O)CC2=O)cc1Cl. The van der Waals surface area contributed by atoms with Crippen LogP contribution in [-0.2, 0) is 14.8 Å². The molecule has 2 rings (SSSR count). The molecule has 1 unspecified atom stereocenters. The predicted octanol–water partition coefficient (Wildman–Crippen LogP) is 0.624. The first-order chi connectivity index (χ1) is 8.70. The molecule has 1 aliphatic heterocycles. The summed E-state index contributed by atoms with van der Waals surface area (Å²) in [6, 6.07) is 3.21. The largest absolute Gasteiger partial charge is 0.397 e. The molecule has 6 nitrogen and oxygen atoms in total. The number of anilines is 2. The number of primary sulfonamides is 1. The summed E-state index contributed by atoms with van der Waals surface area (Å²) in [5.41, 5.74) is 7.45. The van der Waals surface area contributed by atoms with Gasteiger partial charge in [-0.2, -0.15) is 0 Å². The number of benzene rings is 1. The van der Waals surface area contributed by atoms with E-state index in [1.54, 1.807) is 19.1 Å². The Morgan fingerprint density at radius 2 is 2.05 bits per heavy atom. The Kier molecular flexibility index (Phi) is 3.46.